The molecule has 2 amide bonds. The molecule has 31 heavy (non-hydrogen) atoms. The van der Waals surface area contributed by atoms with Crippen molar-refractivity contribution in [2.45, 2.75) is 38.0 Å². The minimum atomic E-state index is -0.719. The van der Waals surface area contributed by atoms with Crippen LogP contribution in [0.3, 0.4) is 0 Å². The lowest BCUT2D eigenvalue weighted by atomic mass is 9.77. The van der Waals surface area contributed by atoms with Gasteiger partial charge in [0, 0.05) is 35.7 Å². The number of benzene rings is 2. The summed E-state index contributed by atoms with van der Waals surface area (Å²) in [6.07, 6.45) is 4.08. The van der Waals surface area contributed by atoms with E-state index in [9.17, 15) is 14.4 Å². The van der Waals surface area contributed by atoms with Crippen LogP contribution in [-0.2, 0) is 4.79 Å². The lowest BCUT2D eigenvalue weighted by Crippen LogP contribution is -2.34. The fourth-order valence-electron chi connectivity index (χ4n) is 4.01. The van der Waals surface area contributed by atoms with Crippen LogP contribution in [0.4, 0.5) is 0 Å². The number of aliphatic carboxylic acids is 1. The molecule has 3 rings (SSSR count). The van der Waals surface area contributed by atoms with Gasteiger partial charge in [-0.3, -0.25) is 14.4 Å². The van der Waals surface area contributed by atoms with Gasteiger partial charge in [-0.15, -0.1) is 0 Å². The van der Waals surface area contributed by atoms with Crippen LogP contribution in [0.2, 0.25) is 5.02 Å². The molecule has 7 heteroatoms. The van der Waals surface area contributed by atoms with E-state index in [1.165, 1.54) is 5.56 Å². The molecule has 0 atom stereocenters. The number of rotatable bonds is 8. The molecule has 0 bridgehead atoms. The standard InChI is InChI=1S/C24H27ClN2O4/c25-21-11-9-20(10-12-21)24(31)27-14-13-26-23(30)19-7-5-18(6-8-19)17-3-1-16(2-4-17)15-22(28)29/h5-12,16-17H,1-4,13-15H2,(H,26,30)(H,27,31)(H,28,29). The quantitative estimate of drug-likeness (QED) is 0.532. The zero-order chi connectivity index (χ0) is 22.2. The summed E-state index contributed by atoms with van der Waals surface area (Å²) in [7, 11) is 0. The molecule has 0 aromatic heterocycles. The van der Waals surface area contributed by atoms with Crippen LogP contribution in [0.5, 0.6) is 0 Å². The second-order valence-corrected chi connectivity index (χ2v) is 8.39. The Balaban J connectivity index is 1.40. The molecule has 3 N–H and O–H groups in total. The summed E-state index contributed by atoms with van der Waals surface area (Å²) in [6.45, 7) is 0.651. The molecule has 6 nitrogen and oxygen atoms in total. The van der Waals surface area contributed by atoms with Crippen LogP contribution >= 0.6 is 11.6 Å². The maximum Gasteiger partial charge on any atom is 0.303 e. The third-order valence-electron chi connectivity index (χ3n) is 5.76. The third-order valence-corrected chi connectivity index (χ3v) is 6.01. The summed E-state index contributed by atoms with van der Waals surface area (Å²) in [5.41, 5.74) is 2.29. The van der Waals surface area contributed by atoms with Crippen molar-refractivity contribution in [1.82, 2.24) is 10.6 Å². The Morgan fingerprint density at radius 3 is 1.77 bits per heavy atom. The van der Waals surface area contributed by atoms with Crippen LogP contribution in [0.1, 0.15) is 64.3 Å². The van der Waals surface area contributed by atoms with Crippen molar-refractivity contribution in [2.75, 3.05) is 13.1 Å². The first-order chi connectivity index (χ1) is 14.9. The Labute approximate surface area is 187 Å². The second-order valence-electron chi connectivity index (χ2n) is 7.96. The van der Waals surface area contributed by atoms with Crippen molar-refractivity contribution in [2.24, 2.45) is 5.92 Å². The van der Waals surface area contributed by atoms with Gasteiger partial charge in [-0.2, -0.15) is 0 Å². The van der Waals surface area contributed by atoms with Crippen LogP contribution in [-0.4, -0.2) is 36.0 Å². The maximum absolute atomic E-state index is 12.3. The van der Waals surface area contributed by atoms with Crippen LogP contribution < -0.4 is 10.6 Å². The molecule has 1 saturated carbocycles. The highest BCUT2D eigenvalue weighted by atomic mass is 35.5. The predicted molar refractivity (Wildman–Crippen MR) is 120 cm³/mol. The van der Waals surface area contributed by atoms with Gasteiger partial charge in [0.1, 0.15) is 0 Å². The number of hydrogen-bond donors (Lipinski definition) is 3. The summed E-state index contributed by atoms with van der Waals surface area (Å²) in [4.78, 5) is 35.2. The molecule has 2 aromatic carbocycles. The number of halogens is 1. The number of amides is 2. The molecule has 0 radical (unpaired) electrons. The van der Waals surface area contributed by atoms with E-state index in [2.05, 4.69) is 10.6 Å². The first kappa shape index (κ1) is 22.8. The van der Waals surface area contributed by atoms with Gasteiger partial charge in [0.15, 0.2) is 0 Å². The van der Waals surface area contributed by atoms with Gasteiger partial charge in [-0.05, 0) is 79.5 Å². The van der Waals surface area contributed by atoms with Crippen molar-refractivity contribution >= 4 is 29.4 Å². The normalized spacial score (nSPS) is 18.2. The van der Waals surface area contributed by atoms with Crippen molar-refractivity contribution < 1.29 is 19.5 Å². The van der Waals surface area contributed by atoms with Gasteiger partial charge in [-0.1, -0.05) is 23.7 Å². The van der Waals surface area contributed by atoms with Gasteiger partial charge in [0.2, 0.25) is 0 Å². The maximum atomic E-state index is 12.3. The first-order valence-electron chi connectivity index (χ1n) is 10.6. The van der Waals surface area contributed by atoms with Gasteiger partial charge in [-0.25, -0.2) is 0 Å². The Bertz CT molecular complexity index is 904. The fraction of sp³-hybridized carbons (Fsp3) is 0.375. The minimum absolute atomic E-state index is 0.183. The molecular weight excluding hydrogens is 416 g/mol. The molecule has 2 aromatic rings. The number of carbonyl (C=O) groups is 3. The second kappa shape index (κ2) is 11.0. The van der Waals surface area contributed by atoms with E-state index in [4.69, 9.17) is 16.7 Å². The average Bonchev–Trinajstić information content (AvgIpc) is 2.77. The van der Waals surface area contributed by atoms with Crippen molar-refractivity contribution in [3.8, 4) is 0 Å². The molecule has 164 valence electrons. The van der Waals surface area contributed by atoms with Crippen LogP contribution in [0.15, 0.2) is 48.5 Å². The number of carbonyl (C=O) groups excluding carboxylic acids is 2. The molecule has 0 unspecified atom stereocenters. The summed E-state index contributed by atoms with van der Waals surface area (Å²) in [6, 6.07) is 14.2. The summed E-state index contributed by atoms with van der Waals surface area (Å²) in [5, 5.41) is 15.1. The smallest absolute Gasteiger partial charge is 0.303 e. The molecule has 0 heterocycles. The Kier molecular flexibility index (Phi) is 8.06. The Morgan fingerprint density at radius 1 is 0.806 bits per heavy atom. The van der Waals surface area contributed by atoms with E-state index in [-0.39, 0.29) is 24.2 Å². The molecule has 1 fully saturated rings. The number of carboxylic acids is 1. The van der Waals surface area contributed by atoms with Gasteiger partial charge < -0.3 is 15.7 Å². The first-order valence-corrected chi connectivity index (χ1v) is 10.9. The monoisotopic (exact) mass is 442 g/mol. The Morgan fingerprint density at radius 2 is 1.29 bits per heavy atom. The van der Waals surface area contributed by atoms with E-state index >= 15 is 0 Å². The lowest BCUT2D eigenvalue weighted by molar-refractivity contribution is -0.138. The van der Waals surface area contributed by atoms with E-state index in [0.29, 0.717) is 35.2 Å². The third kappa shape index (κ3) is 6.82. The lowest BCUT2D eigenvalue weighted by Gasteiger charge is -2.28. The van der Waals surface area contributed by atoms with Crippen molar-refractivity contribution in [1.29, 1.82) is 0 Å². The van der Waals surface area contributed by atoms with Crippen molar-refractivity contribution in [3.63, 3.8) is 0 Å². The highest BCUT2D eigenvalue weighted by Crippen LogP contribution is 2.37. The summed E-state index contributed by atoms with van der Waals surface area (Å²) >= 11 is 5.81. The highest BCUT2D eigenvalue weighted by Gasteiger charge is 2.24. The van der Waals surface area contributed by atoms with Gasteiger partial charge >= 0.3 is 5.97 Å². The largest absolute Gasteiger partial charge is 0.481 e. The average molecular weight is 443 g/mol. The summed E-state index contributed by atoms with van der Waals surface area (Å²) in [5.74, 6) is -0.418. The fourth-order valence-corrected chi connectivity index (χ4v) is 4.14. The van der Waals surface area contributed by atoms with Gasteiger partial charge in [0.05, 0.1) is 0 Å². The zero-order valence-corrected chi connectivity index (χ0v) is 18.0. The SMILES string of the molecule is O=C(O)CC1CCC(c2ccc(C(=O)NCCNC(=O)c3ccc(Cl)cc3)cc2)CC1. The van der Waals surface area contributed by atoms with E-state index < -0.39 is 5.97 Å². The number of carboxylic acid groups (broad SMARTS) is 1. The number of hydrogen-bond acceptors (Lipinski definition) is 3. The Hall–Kier alpha value is -2.86. The molecule has 0 spiro atoms. The molecule has 0 aliphatic heterocycles. The predicted octanol–water partition coefficient (Wildman–Crippen LogP) is 4.25. The molecular formula is C24H27ClN2O4. The van der Waals surface area contributed by atoms with Crippen LogP contribution in [0.25, 0.3) is 0 Å². The molecule has 1 aliphatic carbocycles. The van der Waals surface area contributed by atoms with E-state index in [1.807, 2.05) is 24.3 Å². The highest BCUT2D eigenvalue weighted by molar-refractivity contribution is 6.30. The van der Waals surface area contributed by atoms with E-state index in [1.54, 1.807) is 24.3 Å². The number of nitrogens with one attached hydrogen (secondary N) is 2. The topological polar surface area (TPSA) is 95.5 Å². The minimum Gasteiger partial charge on any atom is -0.481 e. The zero-order valence-electron chi connectivity index (χ0n) is 17.3. The van der Waals surface area contributed by atoms with Crippen LogP contribution in [0, 0.1) is 5.92 Å². The summed E-state index contributed by atoms with van der Waals surface area (Å²) < 4.78 is 0. The molecule has 1 aliphatic rings. The van der Waals surface area contributed by atoms with E-state index in [0.717, 1.165) is 25.7 Å². The molecule has 0 saturated heterocycles. The van der Waals surface area contributed by atoms with Crippen molar-refractivity contribution in [3.05, 3.63) is 70.2 Å². The van der Waals surface area contributed by atoms with Gasteiger partial charge in [0.25, 0.3) is 11.8 Å².